The number of benzene rings is 1. The number of rotatable bonds is 6. The number of nitrogens with one attached hydrogen (secondary N) is 1. The minimum Gasteiger partial charge on any atom is -0.325 e. The van der Waals surface area contributed by atoms with Crippen molar-refractivity contribution in [2.45, 2.75) is 50.8 Å². The van der Waals surface area contributed by atoms with Crippen LogP contribution in [0.25, 0.3) is 0 Å². The first kappa shape index (κ1) is 15.8. The molecule has 0 fully saturated rings. The summed E-state index contributed by atoms with van der Waals surface area (Å²) in [5.41, 5.74) is 3.04. The normalized spacial score (nSPS) is 16.7. The summed E-state index contributed by atoms with van der Waals surface area (Å²) in [4.78, 5) is 11.7. The minimum atomic E-state index is 0.0531. The highest BCUT2D eigenvalue weighted by atomic mass is 79.9. The molecule has 2 nitrogen and oxygen atoms in total. The van der Waals surface area contributed by atoms with Gasteiger partial charge in [0.2, 0.25) is 5.91 Å². The molecule has 0 saturated carbocycles. The second-order valence-electron chi connectivity index (χ2n) is 5.47. The first-order chi connectivity index (χ1) is 9.56. The van der Waals surface area contributed by atoms with Gasteiger partial charge in [-0.05, 0) is 29.5 Å². The third kappa shape index (κ3) is 3.37. The summed E-state index contributed by atoms with van der Waals surface area (Å²) < 4.78 is 0. The number of hydrogen-bond donors (Lipinski definition) is 1. The van der Waals surface area contributed by atoms with Crippen LogP contribution < -0.4 is 5.32 Å². The lowest BCUT2D eigenvalue weighted by Gasteiger charge is -2.23. The third-order valence-electron chi connectivity index (χ3n) is 4.01. The van der Waals surface area contributed by atoms with Gasteiger partial charge in [-0.3, -0.25) is 4.79 Å². The number of amides is 1. The minimum absolute atomic E-state index is 0.0531. The van der Waals surface area contributed by atoms with E-state index >= 15 is 0 Å². The van der Waals surface area contributed by atoms with Gasteiger partial charge in [0.15, 0.2) is 0 Å². The maximum Gasteiger partial charge on any atom is 0.228 e. The lowest BCUT2D eigenvalue weighted by Crippen LogP contribution is -2.08. The molecule has 1 aliphatic rings. The molecule has 4 heteroatoms. The van der Waals surface area contributed by atoms with E-state index < -0.39 is 0 Å². The first-order valence-electron chi connectivity index (χ1n) is 7.33. The summed E-state index contributed by atoms with van der Waals surface area (Å²) >= 11 is 10.2. The van der Waals surface area contributed by atoms with Crippen molar-refractivity contribution in [3.8, 4) is 0 Å². The van der Waals surface area contributed by atoms with Crippen LogP contribution in [0.2, 0.25) is 5.02 Å². The molecule has 1 heterocycles. The zero-order valence-corrected chi connectivity index (χ0v) is 14.4. The van der Waals surface area contributed by atoms with Crippen molar-refractivity contribution >= 4 is 39.1 Å². The number of unbranched alkanes of at least 4 members (excludes halogenated alkanes) is 1. The van der Waals surface area contributed by atoms with E-state index in [1.807, 2.05) is 6.07 Å². The van der Waals surface area contributed by atoms with Gasteiger partial charge in [0, 0.05) is 15.5 Å². The SMILES string of the molecule is CCCCC(CC)C(Br)c1cc2c(cc1Cl)NC(=O)C2. The number of anilines is 1. The number of halogens is 2. The van der Waals surface area contributed by atoms with Gasteiger partial charge in [-0.25, -0.2) is 0 Å². The lowest BCUT2D eigenvalue weighted by molar-refractivity contribution is -0.115. The molecule has 20 heavy (non-hydrogen) atoms. The summed E-state index contributed by atoms with van der Waals surface area (Å²) in [6.07, 6.45) is 5.24. The largest absolute Gasteiger partial charge is 0.325 e. The first-order valence-corrected chi connectivity index (χ1v) is 8.62. The smallest absolute Gasteiger partial charge is 0.228 e. The second-order valence-corrected chi connectivity index (χ2v) is 6.86. The van der Waals surface area contributed by atoms with E-state index in [-0.39, 0.29) is 10.7 Å². The number of alkyl halides is 1. The van der Waals surface area contributed by atoms with E-state index in [2.05, 4.69) is 41.2 Å². The maximum absolute atomic E-state index is 11.5. The molecule has 0 aromatic heterocycles. The molecule has 1 amide bonds. The van der Waals surface area contributed by atoms with Gasteiger partial charge < -0.3 is 5.32 Å². The van der Waals surface area contributed by atoms with Crippen LogP contribution in [0.15, 0.2) is 12.1 Å². The predicted octanol–water partition coefficient (Wildman–Crippen LogP) is 5.49. The molecule has 1 N–H and O–H groups in total. The molecule has 1 aromatic carbocycles. The van der Waals surface area contributed by atoms with E-state index in [4.69, 9.17) is 11.6 Å². The monoisotopic (exact) mass is 357 g/mol. The Morgan fingerprint density at radius 1 is 1.40 bits per heavy atom. The Balaban J connectivity index is 2.23. The van der Waals surface area contributed by atoms with Crippen molar-refractivity contribution < 1.29 is 4.79 Å². The Kier molecular flexibility index (Phi) is 5.50. The van der Waals surface area contributed by atoms with Crippen LogP contribution in [0, 0.1) is 5.92 Å². The summed E-state index contributed by atoms with van der Waals surface area (Å²) in [7, 11) is 0. The van der Waals surface area contributed by atoms with Gasteiger partial charge in [0.05, 0.1) is 6.42 Å². The van der Waals surface area contributed by atoms with E-state index in [9.17, 15) is 4.79 Å². The van der Waals surface area contributed by atoms with E-state index in [0.717, 1.165) is 28.3 Å². The quantitative estimate of drug-likeness (QED) is 0.670. The Hall–Kier alpha value is -0.540. The van der Waals surface area contributed by atoms with Crippen LogP contribution in [0.1, 0.15) is 55.5 Å². The highest BCUT2D eigenvalue weighted by Gasteiger charge is 2.25. The zero-order valence-electron chi connectivity index (χ0n) is 12.0. The fraction of sp³-hybridized carbons (Fsp3) is 0.562. The molecular weight excluding hydrogens is 338 g/mol. The van der Waals surface area contributed by atoms with Crippen LogP contribution >= 0.6 is 27.5 Å². The number of hydrogen-bond acceptors (Lipinski definition) is 1. The zero-order chi connectivity index (χ0) is 14.7. The van der Waals surface area contributed by atoms with E-state index in [0.29, 0.717) is 12.3 Å². The average Bonchev–Trinajstić information content (AvgIpc) is 2.77. The summed E-state index contributed by atoms with van der Waals surface area (Å²) in [5.74, 6) is 0.632. The molecule has 1 aromatic rings. The highest BCUT2D eigenvalue weighted by Crippen LogP contribution is 2.42. The second kappa shape index (κ2) is 6.95. The van der Waals surface area contributed by atoms with Crippen molar-refractivity contribution in [1.82, 2.24) is 0 Å². The molecule has 0 aliphatic carbocycles. The van der Waals surface area contributed by atoms with Gasteiger partial charge >= 0.3 is 0 Å². The van der Waals surface area contributed by atoms with Crippen molar-refractivity contribution in [3.63, 3.8) is 0 Å². The fourth-order valence-electron chi connectivity index (χ4n) is 2.76. The van der Waals surface area contributed by atoms with Gasteiger partial charge in [-0.2, -0.15) is 0 Å². The molecule has 2 unspecified atom stereocenters. The van der Waals surface area contributed by atoms with Crippen LogP contribution in [-0.4, -0.2) is 5.91 Å². The number of carbonyl (C=O) groups is 1. The third-order valence-corrected chi connectivity index (χ3v) is 5.58. The van der Waals surface area contributed by atoms with Crippen molar-refractivity contribution in [1.29, 1.82) is 0 Å². The van der Waals surface area contributed by atoms with Crippen molar-refractivity contribution in [2.24, 2.45) is 5.92 Å². The molecule has 0 saturated heterocycles. The van der Waals surface area contributed by atoms with Crippen molar-refractivity contribution in [2.75, 3.05) is 5.32 Å². The predicted molar refractivity (Wildman–Crippen MR) is 88.8 cm³/mol. The lowest BCUT2D eigenvalue weighted by atomic mass is 9.91. The summed E-state index contributed by atoms with van der Waals surface area (Å²) in [5, 5.41) is 3.58. The average molecular weight is 359 g/mol. The molecule has 2 atom stereocenters. The van der Waals surface area contributed by atoms with E-state index in [1.54, 1.807) is 0 Å². The fourth-order valence-corrected chi connectivity index (χ4v) is 4.19. The van der Waals surface area contributed by atoms with Crippen LogP contribution in [0.4, 0.5) is 5.69 Å². The number of carbonyl (C=O) groups excluding carboxylic acids is 1. The highest BCUT2D eigenvalue weighted by molar-refractivity contribution is 9.09. The van der Waals surface area contributed by atoms with Crippen molar-refractivity contribution in [3.05, 3.63) is 28.3 Å². The molecule has 1 aliphatic heterocycles. The molecule has 2 rings (SSSR count). The Morgan fingerprint density at radius 2 is 2.15 bits per heavy atom. The Bertz CT molecular complexity index is 503. The summed E-state index contributed by atoms with van der Waals surface area (Å²) in [6, 6.07) is 3.97. The Labute approximate surface area is 134 Å². The van der Waals surface area contributed by atoms with Gasteiger partial charge in [0.25, 0.3) is 0 Å². The molecule has 110 valence electrons. The topological polar surface area (TPSA) is 29.1 Å². The van der Waals surface area contributed by atoms with Crippen LogP contribution in [-0.2, 0) is 11.2 Å². The Morgan fingerprint density at radius 3 is 2.80 bits per heavy atom. The van der Waals surface area contributed by atoms with Crippen LogP contribution in [0.3, 0.4) is 0 Å². The molecule has 0 spiro atoms. The molecule has 0 bridgehead atoms. The summed E-state index contributed by atoms with van der Waals surface area (Å²) in [6.45, 7) is 4.44. The maximum atomic E-state index is 11.5. The van der Waals surface area contributed by atoms with Gasteiger partial charge in [0.1, 0.15) is 0 Å². The number of fused-ring (bicyclic) bond motifs is 1. The van der Waals surface area contributed by atoms with E-state index in [1.165, 1.54) is 19.3 Å². The van der Waals surface area contributed by atoms with Gasteiger partial charge in [-0.1, -0.05) is 66.7 Å². The molecular formula is C16H21BrClNO. The standard InChI is InChI=1S/C16H21BrClNO/c1-3-5-6-10(4-2)16(17)12-7-11-8-15(20)19-14(11)9-13(12)18/h7,9-10,16H,3-6,8H2,1-2H3,(H,19,20). The molecule has 0 radical (unpaired) electrons. The van der Waals surface area contributed by atoms with Gasteiger partial charge in [-0.15, -0.1) is 0 Å². The van der Waals surface area contributed by atoms with Crippen LogP contribution in [0.5, 0.6) is 0 Å².